The quantitative estimate of drug-likeness (QED) is 0.384. The number of carbonyl (C=O) groups excluding carboxylic acids is 2. The molecule has 3 aliphatic rings. The second kappa shape index (κ2) is 12.0. The molecule has 12 nitrogen and oxygen atoms in total. The van der Waals surface area contributed by atoms with E-state index in [0.29, 0.717) is 18.7 Å². The lowest BCUT2D eigenvalue weighted by molar-refractivity contribution is -0.162. The molecule has 0 saturated carbocycles. The van der Waals surface area contributed by atoms with Gasteiger partial charge in [-0.05, 0) is 19.1 Å². The maximum absolute atomic E-state index is 13.5. The SMILES string of the molecule is CC1(CN2CCN(C(=O)Cn3cc(NC(=O)c4cnn5cccnc45)c(C4(C)C=C(Cl)C=CC4OC(F)F)n3)CC2)COC1. The number of rotatable bonds is 9. The molecule has 234 valence electrons. The number of amides is 2. The molecule has 44 heavy (non-hydrogen) atoms. The number of piperazine rings is 1. The highest BCUT2D eigenvalue weighted by molar-refractivity contribution is 6.31. The summed E-state index contributed by atoms with van der Waals surface area (Å²) in [7, 11) is 0. The zero-order valence-corrected chi connectivity index (χ0v) is 25.1. The van der Waals surface area contributed by atoms with Crippen molar-refractivity contribution < 1.29 is 27.8 Å². The molecule has 2 saturated heterocycles. The van der Waals surface area contributed by atoms with Gasteiger partial charge < -0.3 is 19.7 Å². The third kappa shape index (κ3) is 6.11. The zero-order valence-electron chi connectivity index (χ0n) is 24.3. The zero-order chi connectivity index (χ0) is 31.1. The molecule has 0 bridgehead atoms. The molecule has 6 rings (SSSR count). The first kappa shape index (κ1) is 30.3. The molecule has 3 aromatic rings. The molecule has 2 aliphatic heterocycles. The van der Waals surface area contributed by atoms with Gasteiger partial charge in [-0.1, -0.05) is 30.7 Å². The van der Waals surface area contributed by atoms with Crippen molar-refractivity contribution in [3.63, 3.8) is 0 Å². The van der Waals surface area contributed by atoms with Crippen LogP contribution >= 0.6 is 11.6 Å². The molecule has 2 unspecified atom stereocenters. The van der Waals surface area contributed by atoms with Crippen molar-refractivity contribution in [1.29, 1.82) is 0 Å². The van der Waals surface area contributed by atoms with Gasteiger partial charge in [-0.25, -0.2) is 9.50 Å². The molecule has 2 atom stereocenters. The van der Waals surface area contributed by atoms with E-state index in [1.165, 1.54) is 33.7 Å². The van der Waals surface area contributed by atoms with Crippen molar-refractivity contribution in [2.45, 2.75) is 38.5 Å². The Kier molecular flexibility index (Phi) is 8.26. The Hall–Kier alpha value is -3.72. The molecule has 3 aromatic heterocycles. The highest BCUT2D eigenvalue weighted by atomic mass is 35.5. The smallest absolute Gasteiger partial charge is 0.345 e. The minimum absolute atomic E-state index is 0.115. The number of alkyl halides is 2. The molecular formula is C29H33ClF2N8O4. The number of hydrogen-bond donors (Lipinski definition) is 1. The lowest BCUT2D eigenvalue weighted by Crippen LogP contribution is -2.55. The van der Waals surface area contributed by atoms with Gasteiger partial charge in [-0.15, -0.1) is 0 Å². The number of carbonyl (C=O) groups is 2. The summed E-state index contributed by atoms with van der Waals surface area (Å²) in [6, 6.07) is 1.68. The van der Waals surface area contributed by atoms with Crippen LogP contribution in [0.4, 0.5) is 14.5 Å². The Morgan fingerprint density at radius 3 is 2.70 bits per heavy atom. The van der Waals surface area contributed by atoms with Gasteiger partial charge in [-0.2, -0.15) is 19.0 Å². The molecule has 0 aromatic carbocycles. The fourth-order valence-corrected chi connectivity index (χ4v) is 6.24. The van der Waals surface area contributed by atoms with Crippen LogP contribution in [0.15, 0.2) is 54.1 Å². The van der Waals surface area contributed by atoms with E-state index in [1.807, 2.05) is 0 Å². The number of hydrogen-bond acceptors (Lipinski definition) is 8. The Morgan fingerprint density at radius 1 is 1.23 bits per heavy atom. The van der Waals surface area contributed by atoms with E-state index in [-0.39, 0.29) is 39.8 Å². The van der Waals surface area contributed by atoms with Crippen LogP contribution in [0, 0.1) is 5.41 Å². The van der Waals surface area contributed by atoms with E-state index in [2.05, 4.69) is 32.3 Å². The fourth-order valence-electron chi connectivity index (χ4n) is 5.94. The Morgan fingerprint density at radius 2 is 2.00 bits per heavy atom. The van der Waals surface area contributed by atoms with E-state index < -0.39 is 24.0 Å². The molecule has 2 fully saturated rings. The summed E-state index contributed by atoms with van der Waals surface area (Å²) < 4.78 is 40.1. The monoisotopic (exact) mass is 630 g/mol. The predicted molar refractivity (Wildman–Crippen MR) is 156 cm³/mol. The second-order valence-electron chi connectivity index (χ2n) is 11.9. The topological polar surface area (TPSA) is 119 Å². The Labute approximate surface area is 257 Å². The van der Waals surface area contributed by atoms with E-state index in [4.69, 9.17) is 21.1 Å². The molecular weight excluding hydrogens is 598 g/mol. The first-order valence-electron chi connectivity index (χ1n) is 14.3. The molecule has 2 amide bonds. The Bertz CT molecular complexity index is 1610. The first-order chi connectivity index (χ1) is 21.0. The van der Waals surface area contributed by atoms with Gasteiger partial charge in [0.05, 0.1) is 42.3 Å². The standard InChI is InChI=1S/C29H33ClF2N8O4/c1-28(17-43-18-28)16-37-8-10-38(11-9-37)23(41)15-39-14-21(35-26(42)20-13-34-40-7-3-6-33-25(20)40)24(36-39)29(2)12-19(30)4-5-22(29)44-27(31)32/h3-7,12-14,22,27H,8-11,15-18H2,1-2H3,(H,35,42). The third-order valence-electron chi connectivity index (χ3n) is 8.28. The lowest BCUT2D eigenvalue weighted by Gasteiger charge is -2.44. The van der Waals surface area contributed by atoms with Crippen LogP contribution < -0.4 is 5.32 Å². The average molecular weight is 631 g/mol. The van der Waals surface area contributed by atoms with Gasteiger partial charge in [0, 0.05) is 61.8 Å². The molecule has 1 aliphatic carbocycles. The van der Waals surface area contributed by atoms with Crippen LogP contribution in [0.25, 0.3) is 5.65 Å². The van der Waals surface area contributed by atoms with E-state index in [1.54, 1.807) is 36.4 Å². The van der Waals surface area contributed by atoms with Crippen molar-refractivity contribution in [3.05, 3.63) is 65.4 Å². The largest absolute Gasteiger partial charge is 0.380 e. The molecule has 0 spiro atoms. The van der Waals surface area contributed by atoms with Crippen LogP contribution in [0.3, 0.4) is 0 Å². The van der Waals surface area contributed by atoms with Gasteiger partial charge in [0.2, 0.25) is 5.91 Å². The third-order valence-corrected chi connectivity index (χ3v) is 8.52. The Balaban J connectivity index is 1.25. The van der Waals surface area contributed by atoms with Crippen molar-refractivity contribution in [3.8, 4) is 0 Å². The number of anilines is 1. The summed E-state index contributed by atoms with van der Waals surface area (Å²) in [5.41, 5.74) is -0.210. The van der Waals surface area contributed by atoms with Crippen molar-refractivity contribution in [2.24, 2.45) is 5.41 Å². The van der Waals surface area contributed by atoms with Crippen LogP contribution in [-0.2, 0) is 26.2 Å². The number of fused-ring (bicyclic) bond motifs is 1. The number of nitrogens with zero attached hydrogens (tertiary/aromatic N) is 7. The van der Waals surface area contributed by atoms with Crippen LogP contribution in [0.2, 0.25) is 0 Å². The number of nitrogens with one attached hydrogen (secondary N) is 1. The number of halogens is 3. The summed E-state index contributed by atoms with van der Waals surface area (Å²) in [5.74, 6) is -0.687. The van der Waals surface area contributed by atoms with Crippen LogP contribution in [0.5, 0.6) is 0 Å². The maximum Gasteiger partial charge on any atom is 0.345 e. The van der Waals surface area contributed by atoms with Gasteiger partial charge in [0.25, 0.3) is 5.91 Å². The summed E-state index contributed by atoms with van der Waals surface area (Å²) in [6.45, 7) is 5.72. The van der Waals surface area contributed by atoms with Crippen LogP contribution in [-0.4, -0.2) is 105 Å². The van der Waals surface area contributed by atoms with Gasteiger partial charge >= 0.3 is 6.61 Å². The molecule has 5 heterocycles. The lowest BCUT2D eigenvalue weighted by atomic mass is 9.77. The maximum atomic E-state index is 13.5. The highest BCUT2D eigenvalue weighted by Crippen LogP contribution is 2.40. The summed E-state index contributed by atoms with van der Waals surface area (Å²) >= 11 is 6.33. The minimum Gasteiger partial charge on any atom is -0.380 e. The number of ether oxygens (including phenoxy) is 2. The van der Waals surface area contributed by atoms with Gasteiger partial charge in [0.15, 0.2) is 5.65 Å². The van der Waals surface area contributed by atoms with E-state index >= 15 is 0 Å². The van der Waals surface area contributed by atoms with Crippen molar-refractivity contribution in [1.82, 2.24) is 34.2 Å². The van der Waals surface area contributed by atoms with E-state index in [9.17, 15) is 18.4 Å². The van der Waals surface area contributed by atoms with Crippen molar-refractivity contribution >= 4 is 34.7 Å². The molecule has 15 heteroatoms. The van der Waals surface area contributed by atoms with E-state index in [0.717, 1.165) is 32.8 Å². The molecule has 1 N–H and O–H groups in total. The van der Waals surface area contributed by atoms with Crippen LogP contribution in [0.1, 0.15) is 29.9 Å². The average Bonchev–Trinajstić information content (AvgIpc) is 3.58. The normalized spacial score (nSPS) is 23.5. The predicted octanol–water partition coefficient (Wildman–Crippen LogP) is 2.92. The van der Waals surface area contributed by atoms with Gasteiger partial charge in [-0.3, -0.25) is 19.2 Å². The summed E-state index contributed by atoms with van der Waals surface area (Å²) in [4.78, 5) is 35.2. The minimum atomic E-state index is -3.07. The summed E-state index contributed by atoms with van der Waals surface area (Å²) in [6.07, 6.45) is 9.39. The number of aromatic nitrogens is 5. The van der Waals surface area contributed by atoms with Crippen molar-refractivity contribution in [2.75, 3.05) is 51.3 Å². The highest BCUT2D eigenvalue weighted by Gasteiger charge is 2.42. The summed E-state index contributed by atoms with van der Waals surface area (Å²) in [5, 5.41) is 11.9. The number of allylic oxidation sites excluding steroid dienone is 2. The van der Waals surface area contributed by atoms with Gasteiger partial charge in [0.1, 0.15) is 12.1 Å². The molecule has 0 radical (unpaired) electrons. The first-order valence-corrected chi connectivity index (χ1v) is 14.7. The fraction of sp³-hybridized carbons (Fsp3) is 0.483. The second-order valence-corrected chi connectivity index (χ2v) is 12.4.